The molecular formula is C22H22BrN3O2. The van der Waals surface area contributed by atoms with Gasteiger partial charge in [-0.25, -0.2) is 0 Å². The topological polar surface area (TPSA) is 71.1 Å². The number of benzene rings is 2. The number of aromatic nitrogens is 1. The Hall–Kier alpha value is -2.73. The zero-order chi connectivity index (χ0) is 20.3. The Balaban J connectivity index is 1.78. The molecule has 0 atom stereocenters. The van der Waals surface area contributed by atoms with E-state index >= 15 is 0 Å². The molecule has 0 saturated heterocycles. The number of fused-ring (bicyclic) bond motifs is 1. The number of aryl methyl sites for hydroxylation is 2. The van der Waals surface area contributed by atoms with E-state index in [1.54, 1.807) is 0 Å². The predicted molar refractivity (Wildman–Crippen MR) is 116 cm³/mol. The van der Waals surface area contributed by atoms with Crippen molar-refractivity contribution in [3.05, 3.63) is 69.3 Å². The standard InChI is InChI=1S/C22H22BrN3O2/c1-4-17-14(3)21(16-7-5-6-8-19(16)25-17)22(28)24-12-20(27)26-18-10-9-15(23)11-13(18)2/h5-11H,4,12H2,1-3H3,(H,24,28)(H,26,27). The molecule has 0 bridgehead atoms. The van der Waals surface area contributed by atoms with Crippen molar-refractivity contribution in [2.24, 2.45) is 0 Å². The number of carbonyl (C=O) groups excluding carboxylic acids is 2. The number of rotatable bonds is 5. The lowest BCUT2D eigenvalue weighted by Gasteiger charge is -2.14. The highest BCUT2D eigenvalue weighted by atomic mass is 79.9. The lowest BCUT2D eigenvalue weighted by molar-refractivity contribution is -0.115. The molecule has 0 fully saturated rings. The fourth-order valence-corrected chi connectivity index (χ4v) is 3.68. The van der Waals surface area contributed by atoms with E-state index in [1.807, 2.05) is 63.2 Å². The van der Waals surface area contributed by atoms with Crippen LogP contribution in [0.5, 0.6) is 0 Å². The van der Waals surface area contributed by atoms with Crippen LogP contribution in [0.2, 0.25) is 0 Å². The minimum absolute atomic E-state index is 0.105. The summed E-state index contributed by atoms with van der Waals surface area (Å²) in [6.07, 6.45) is 0.736. The Kier molecular flexibility index (Phi) is 6.09. The van der Waals surface area contributed by atoms with Crippen LogP contribution in [0.3, 0.4) is 0 Å². The van der Waals surface area contributed by atoms with Crippen LogP contribution in [0.15, 0.2) is 46.9 Å². The van der Waals surface area contributed by atoms with E-state index in [0.717, 1.165) is 44.3 Å². The Labute approximate surface area is 172 Å². The molecule has 3 aromatic rings. The third-order valence-electron chi connectivity index (χ3n) is 4.67. The van der Waals surface area contributed by atoms with Gasteiger partial charge in [-0.1, -0.05) is 41.1 Å². The zero-order valence-electron chi connectivity index (χ0n) is 16.1. The smallest absolute Gasteiger partial charge is 0.252 e. The maximum Gasteiger partial charge on any atom is 0.252 e. The lowest BCUT2D eigenvalue weighted by atomic mass is 9.99. The SMILES string of the molecule is CCc1nc2ccccc2c(C(=O)NCC(=O)Nc2ccc(Br)cc2C)c1C. The molecule has 1 heterocycles. The number of halogens is 1. The summed E-state index contributed by atoms with van der Waals surface area (Å²) in [5.41, 5.74) is 4.76. The Morgan fingerprint density at radius 3 is 2.57 bits per heavy atom. The molecule has 1 aromatic heterocycles. The van der Waals surface area contributed by atoms with Crippen LogP contribution in [0.25, 0.3) is 10.9 Å². The first-order valence-electron chi connectivity index (χ1n) is 9.13. The summed E-state index contributed by atoms with van der Waals surface area (Å²) in [7, 11) is 0. The second kappa shape index (κ2) is 8.52. The Morgan fingerprint density at radius 1 is 1.11 bits per heavy atom. The van der Waals surface area contributed by atoms with E-state index in [9.17, 15) is 9.59 Å². The number of nitrogens with one attached hydrogen (secondary N) is 2. The van der Waals surface area contributed by atoms with Crippen molar-refractivity contribution in [3.8, 4) is 0 Å². The van der Waals surface area contributed by atoms with Crippen LogP contribution < -0.4 is 10.6 Å². The first kappa shape index (κ1) is 20.0. The fourth-order valence-electron chi connectivity index (χ4n) is 3.21. The molecule has 0 radical (unpaired) electrons. The Morgan fingerprint density at radius 2 is 1.86 bits per heavy atom. The third-order valence-corrected chi connectivity index (χ3v) is 5.16. The molecular weight excluding hydrogens is 418 g/mol. The summed E-state index contributed by atoms with van der Waals surface area (Å²) in [6, 6.07) is 13.2. The monoisotopic (exact) mass is 439 g/mol. The highest BCUT2D eigenvalue weighted by Crippen LogP contribution is 2.23. The average Bonchev–Trinajstić information content (AvgIpc) is 2.68. The second-order valence-electron chi connectivity index (χ2n) is 6.62. The van der Waals surface area contributed by atoms with Gasteiger partial charge in [-0.2, -0.15) is 0 Å². The van der Waals surface area contributed by atoms with Crippen molar-refractivity contribution in [1.82, 2.24) is 10.3 Å². The van der Waals surface area contributed by atoms with E-state index < -0.39 is 0 Å². The summed E-state index contributed by atoms with van der Waals surface area (Å²) in [5, 5.41) is 6.37. The van der Waals surface area contributed by atoms with Gasteiger partial charge in [0.05, 0.1) is 17.6 Å². The molecule has 28 heavy (non-hydrogen) atoms. The number of para-hydroxylation sites is 1. The minimum Gasteiger partial charge on any atom is -0.343 e. The van der Waals surface area contributed by atoms with Gasteiger partial charge in [-0.15, -0.1) is 0 Å². The van der Waals surface area contributed by atoms with Crippen molar-refractivity contribution >= 4 is 44.3 Å². The number of carbonyl (C=O) groups is 2. The number of hydrogen-bond acceptors (Lipinski definition) is 3. The van der Waals surface area contributed by atoms with Gasteiger partial charge in [-0.3, -0.25) is 14.6 Å². The fraction of sp³-hybridized carbons (Fsp3) is 0.227. The highest BCUT2D eigenvalue weighted by Gasteiger charge is 2.18. The summed E-state index contributed by atoms with van der Waals surface area (Å²) in [5.74, 6) is -0.543. The second-order valence-corrected chi connectivity index (χ2v) is 7.53. The van der Waals surface area contributed by atoms with Crippen LogP contribution in [-0.4, -0.2) is 23.3 Å². The van der Waals surface area contributed by atoms with Crippen molar-refractivity contribution < 1.29 is 9.59 Å². The van der Waals surface area contributed by atoms with Gasteiger partial charge in [0.2, 0.25) is 5.91 Å². The van der Waals surface area contributed by atoms with Crippen LogP contribution in [0.1, 0.15) is 34.1 Å². The molecule has 6 heteroatoms. The van der Waals surface area contributed by atoms with Gasteiger partial charge in [0.15, 0.2) is 0 Å². The number of nitrogens with zero attached hydrogens (tertiary/aromatic N) is 1. The normalized spacial score (nSPS) is 10.7. The summed E-state index contributed by atoms with van der Waals surface area (Å²) < 4.78 is 0.947. The van der Waals surface area contributed by atoms with Gasteiger partial charge >= 0.3 is 0 Å². The molecule has 144 valence electrons. The highest BCUT2D eigenvalue weighted by molar-refractivity contribution is 9.10. The number of amides is 2. The first-order valence-corrected chi connectivity index (χ1v) is 9.92. The third kappa shape index (κ3) is 4.22. The quantitative estimate of drug-likeness (QED) is 0.612. The molecule has 3 rings (SSSR count). The summed E-state index contributed by atoms with van der Waals surface area (Å²) in [6.45, 7) is 5.72. The Bertz CT molecular complexity index is 1060. The molecule has 0 aliphatic rings. The summed E-state index contributed by atoms with van der Waals surface area (Å²) in [4.78, 5) is 29.8. The van der Waals surface area contributed by atoms with Crippen molar-refractivity contribution in [2.75, 3.05) is 11.9 Å². The van der Waals surface area contributed by atoms with Crippen LogP contribution >= 0.6 is 15.9 Å². The zero-order valence-corrected chi connectivity index (χ0v) is 17.7. The van der Waals surface area contributed by atoms with E-state index in [-0.39, 0.29) is 18.4 Å². The molecule has 0 unspecified atom stereocenters. The predicted octanol–water partition coefficient (Wildman–Crippen LogP) is 4.55. The van der Waals surface area contributed by atoms with Gasteiger partial charge in [-0.05, 0) is 55.7 Å². The molecule has 0 spiro atoms. The van der Waals surface area contributed by atoms with Crippen molar-refractivity contribution in [1.29, 1.82) is 0 Å². The lowest BCUT2D eigenvalue weighted by Crippen LogP contribution is -2.33. The van der Waals surface area contributed by atoms with E-state index in [0.29, 0.717) is 5.56 Å². The van der Waals surface area contributed by atoms with Crippen LogP contribution in [0, 0.1) is 13.8 Å². The molecule has 0 saturated carbocycles. The molecule has 2 amide bonds. The molecule has 2 N–H and O–H groups in total. The largest absolute Gasteiger partial charge is 0.343 e. The number of anilines is 1. The minimum atomic E-state index is -0.273. The van der Waals surface area contributed by atoms with E-state index in [2.05, 4.69) is 31.5 Å². The van der Waals surface area contributed by atoms with Crippen molar-refractivity contribution in [2.45, 2.75) is 27.2 Å². The van der Waals surface area contributed by atoms with E-state index in [4.69, 9.17) is 0 Å². The molecule has 0 aliphatic carbocycles. The van der Waals surface area contributed by atoms with Gasteiger partial charge in [0, 0.05) is 21.2 Å². The maximum atomic E-state index is 12.9. The van der Waals surface area contributed by atoms with Crippen LogP contribution in [0.4, 0.5) is 5.69 Å². The number of hydrogen-bond donors (Lipinski definition) is 2. The van der Waals surface area contributed by atoms with Gasteiger partial charge in [0.1, 0.15) is 0 Å². The summed E-state index contributed by atoms with van der Waals surface area (Å²) >= 11 is 3.40. The number of pyridine rings is 1. The van der Waals surface area contributed by atoms with Crippen LogP contribution in [-0.2, 0) is 11.2 Å². The molecule has 5 nitrogen and oxygen atoms in total. The first-order chi connectivity index (χ1) is 13.4. The average molecular weight is 440 g/mol. The van der Waals surface area contributed by atoms with Crippen molar-refractivity contribution in [3.63, 3.8) is 0 Å². The van der Waals surface area contributed by atoms with E-state index in [1.165, 1.54) is 0 Å². The maximum absolute atomic E-state index is 12.9. The molecule has 2 aromatic carbocycles. The molecule has 0 aliphatic heterocycles. The van der Waals surface area contributed by atoms with Gasteiger partial charge in [0.25, 0.3) is 5.91 Å². The van der Waals surface area contributed by atoms with Gasteiger partial charge < -0.3 is 10.6 Å².